The molecule has 0 aromatic rings. The van der Waals surface area contributed by atoms with Crippen molar-refractivity contribution in [3.8, 4) is 0 Å². The van der Waals surface area contributed by atoms with Crippen molar-refractivity contribution in [2.45, 2.75) is 64.8 Å². The predicted octanol–water partition coefficient (Wildman–Crippen LogP) is 3.02. The number of rotatable bonds is 2. The Morgan fingerprint density at radius 2 is 1.94 bits per heavy atom. The topological polar surface area (TPSA) is 29.3 Å². The highest BCUT2D eigenvalue weighted by Crippen LogP contribution is 2.31. The van der Waals surface area contributed by atoms with Gasteiger partial charge in [0.1, 0.15) is 0 Å². The Balaban J connectivity index is 1.78. The Hall–Kier alpha value is -0.0800. The molecule has 1 heterocycles. The minimum atomic E-state index is 0.483. The molecule has 2 unspecified atom stereocenters. The van der Waals surface area contributed by atoms with E-state index in [1.54, 1.807) is 0 Å². The van der Waals surface area contributed by atoms with Gasteiger partial charge in [-0.15, -0.1) is 0 Å². The molecule has 0 aromatic heterocycles. The van der Waals surface area contributed by atoms with Crippen molar-refractivity contribution in [1.82, 2.24) is 4.90 Å². The van der Waals surface area contributed by atoms with Crippen LogP contribution in [0.5, 0.6) is 0 Å². The number of hydrogen-bond donors (Lipinski definition) is 1. The summed E-state index contributed by atoms with van der Waals surface area (Å²) >= 11 is 0. The van der Waals surface area contributed by atoms with E-state index in [4.69, 9.17) is 5.73 Å². The molecule has 0 spiro atoms. The third kappa shape index (κ3) is 4.26. The van der Waals surface area contributed by atoms with Gasteiger partial charge in [0, 0.05) is 12.6 Å². The van der Waals surface area contributed by atoms with E-state index in [1.807, 2.05) is 0 Å². The van der Waals surface area contributed by atoms with Gasteiger partial charge in [0.2, 0.25) is 0 Å². The first kappa shape index (κ1) is 13.4. The molecule has 1 aliphatic heterocycles. The molecule has 1 aliphatic carbocycles. The molecule has 0 radical (unpaired) electrons. The molecule has 1 saturated carbocycles. The van der Waals surface area contributed by atoms with E-state index in [-0.39, 0.29) is 0 Å². The van der Waals surface area contributed by atoms with Crippen molar-refractivity contribution in [2.24, 2.45) is 17.1 Å². The summed E-state index contributed by atoms with van der Waals surface area (Å²) in [6.07, 6.45) is 9.42. The van der Waals surface area contributed by atoms with E-state index in [2.05, 4.69) is 18.7 Å². The average Bonchev–Trinajstić information content (AvgIpc) is 2.41. The molecule has 2 nitrogen and oxygen atoms in total. The fourth-order valence-corrected chi connectivity index (χ4v) is 3.52. The van der Waals surface area contributed by atoms with Crippen LogP contribution in [0.2, 0.25) is 0 Å². The molecule has 2 heteroatoms. The van der Waals surface area contributed by atoms with Gasteiger partial charge in [-0.1, -0.05) is 20.3 Å². The Bertz CT molecular complexity index is 237. The highest BCUT2D eigenvalue weighted by atomic mass is 15.1. The second-order valence-electron chi connectivity index (χ2n) is 7.11. The Kier molecular flexibility index (Phi) is 4.48. The number of nitrogens with two attached hydrogens (primary N) is 1. The summed E-state index contributed by atoms with van der Waals surface area (Å²) in [5.41, 5.74) is 6.65. The zero-order valence-corrected chi connectivity index (χ0v) is 11.8. The normalized spacial score (nSPS) is 35.5. The van der Waals surface area contributed by atoms with Crippen LogP contribution in [0, 0.1) is 11.3 Å². The lowest BCUT2D eigenvalue weighted by molar-refractivity contribution is 0.191. The van der Waals surface area contributed by atoms with Crippen LogP contribution < -0.4 is 5.73 Å². The Morgan fingerprint density at radius 1 is 1.12 bits per heavy atom. The van der Waals surface area contributed by atoms with E-state index in [9.17, 15) is 0 Å². The Labute approximate surface area is 107 Å². The van der Waals surface area contributed by atoms with Gasteiger partial charge in [0.05, 0.1) is 0 Å². The SMILES string of the molecule is CC1(C)CCCN(CC2CCCC(N)C2)CC1. The van der Waals surface area contributed by atoms with Gasteiger partial charge in [0.15, 0.2) is 0 Å². The zero-order chi connectivity index (χ0) is 12.3. The maximum Gasteiger partial charge on any atom is 0.00419 e. The van der Waals surface area contributed by atoms with Crippen molar-refractivity contribution >= 4 is 0 Å². The minimum absolute atomic E-state index is 0.483. The summed E-state index contributed by atoms with van der Waals surface area (Å²) in [6.45, 7) is 8.78. The van der Waals surface area contributed by atoms with Crippen LogP contribution in [0.4, 0.5) is 0 Å². The van der Waals surface area contributed by atoms with Gasteiger partial charge in [-0.2, -0.15) is 0 Å². The van der Waals surface area contributed by atoms with Gasteiger partial charge in [-0.05, 0) is 62.9 Å². The second-order valence-corrected chi connectivity index (χ2v) is 7.11. The first-order valence-electron chi connectivity index (χ1n) is 7.53. The molecule has 1 saturated heterocycles. The molecule has 0 aromatic carbocycles. The molecule has 2 rings (SSSR count). The van der Waals surface area contributed by atoms with Crippen molar-refractivity contribution in [3.05, 3.63) is 0 Å². The first-order chi connectivity index (χ1) is 8.05. The van der Waals surface area contributed by atoms with Crippen LogP contribution in [0.25, 0.3) is 0 Å². The largest absolute Gasteiger partial charge is 0.328 e. The quantitative estimate of drug-likeness (QED) is 0.801. The summed E-state index contributed by atoms with van der Waals surface area (Å²) in [4.78, 5) is 2.71. The summed E-state index contributed by atoms with van der Waals surface area (Å²) in [6, 6.07) is 0.483. The van der Waals surface area contributed by atoms with Crippen LogP contribution in [-0.4, -0.2) is 30.6 Å². The van der Waals surface area contributed by atoms with Gasteiger partial charge in [0.25, 0.3) is 0 Å². The lowest BCUT2D eigenvalue weighted by Crippen LogP contribution is -2.36. The smallest absolute Gasteiger partial charge is 0.00419 e. The van der Waals surface area contributed by atoms with Crippen molar-refractivity contribution in [2.75, 3.05) is 19.6 Å². The zero-order valence-electron chi connectivity index (χ0n) is 11.8. The maximum absolute atomic E-state index is 6.09. The van der Waals surface area contributed by atoms with Crippen LogP contribution >= 0.6 is 0 Å². The van der Waals surface area contributed by atoms with Crippen LogP contribution in [0.3, 0.4) is 0 Å². The Morgan fingerprint density at radius 3 is 2.71 bits per heavy atom. The lowest BCUT2D eigenvalue weighted by atomic mass is 9.85. The molecular weight excluding hydrogens is 208 g/mol. The monoisotopic (exact) mass is 238 g/mol. The number of hydrogen-bond acceptors (Lipinski definition) is 2. The number of nitrogens with zero attached hydrogens (tertiary/aromatic N) is 1. The number of likely N-dealkylation sites (tertiary alicyclic amines) is 1. The van der Waals surface area contributed by atoms with E-state index < -0.39 is 0 Å². The van der Waals surface area contributed by atoms with Gasteiger partial charge < -0.3 is 10.6 Å². The van der Waals surface area contributed by atoms with Crippen LogP contribution in [0.1, 0.15) is 58.8 Å². The second kappa shape index (κ2) is 5.71. The molecule has 0 bridgehead atoms. The third-order valence-electron chi connectivity index (χ3n) is 4.77. The third-order valence-corrected chi connectivity index (χ3v) is 4.77. The van der Waals surface area contributed by atoms with Crippen LogP contribution in [-0.2, 0) is 0 Å². The molecule has 17 heavy (non-hydrogen) atoms. The molecule has 2 aliphatic rings. The molecule has 2 fully saturated rings. The van der Waals surface area contributed by atoms with Gasteiger partial charge in [-0.25, -0.2) is 0 Å². The standard InChI is InChI=1S/C15H30N2/c1-15(2)7-4-9-17(10-8-15)12-13-5-3-6-14(16)11-13/h13-14H,3-12,16H2,1-2H3. The van der Waals surface area contributed by atoms with E-state index in [0.717, 1.165) is 5.92 Å². The first-order valence-corrected chi connectivity index (χ1v) is 7.53. The highest BCUT2D eigenvalue weighted by molar-refractivity contribution is 4.81. The van der Waals surface area contributed by atoms with E-state index in [0.29, 0.717) is 11.5 Å². The van der Waals surface area contributed by atoms with Crippen LogP contribution in [0.15, 0.2) is 0 Å². The predicted molar refractivity (Wildman–Crippen MR) is 74.0 cm³/mol. The molecule has 100 valence electrons. The average molecular weight is 238 g/mol. The summed E-state index contributed by atoms with van der Waals surface area (Å²) in [5, 5.41) is 0. The summed E-state index contributed by atoms with van der Waals surface area (Å²) < 4.78 is 0. The van der Waals surface area contributed by atoms with Crippen molar-refractivity contribution in [3.63, 3.8) is 0 Å². The van der Waals surface area contributed by atoms with Crippen molar-refractivity contribution < 1.29 is 0 Å². The van der Waals surface area contributed by atoms with E-state index in [1.165, 1.54) is 64.6 Å². The highest BCUT2D eigenvalue weighted by Gasteiger charge is 2.26. The van der Waals surface area contributed by atoms with Crippen molar-refractivity contribution in [1.29, 1.82) is 0 Å². The molecule has 2 N–H and O–H groups in total. The molecular formula is C15H30N2. The van der Waals surface area contributed by atoms with Gasteiger partial charge in [-0.3, -0.25) is 0 Å². The van der Waals surface area contributed by atoms with E-state index >= 15 is 0 Å². The molecule has 0 amide bonds. The summed E-state index contributed by atoms with van der Waals surface area (Å²) in [7, 11) is 0. The minimum Gasteiger partial charge on any atom is -0.328 e. The fourth-order valence-electron chi connectivity index (χ4n) is 3.52. The fraction of sp³-hybridized carbons (Fsp3) is 1.00. The molecule has 2 atom stereocenters. The summed E-state index contributed by atoms with van der Waals surface area (Å²) in [5.74, 6) is 0.875. The van der Waals surface area contributed by atoms with Gasteiger partial charge >= 0.3 is 0 Å². The maximum atomic E-state index is 6.09. The lowest BCUT2D eigenvalue weighted by Gasteiger charge is -2.31.